The van der Waals surface area contributed by atoms with Crippen LogP contribution in [0, 0.1) is 24.2 Å². The first-order chi connectivity index (χ1) is 13.9. The molecule has 0 atom stereocenters. The first-order valence-electron chi connectivity index (χ1n) is 9.37. The fraction of sp³-hybridized carbons (Fsp3) is 0.333. The molecular weight excluding hydrogens is 390 g/mol. The van der Waals surface area contributed by atoms with Crippen LogP contribution in [-0.4, -0.2) is 38.3 Å². The normalized spacial score (nSPS) is 15.4. The van der Waals surface area contributed by atoms with E-state index in [-0.39, 0.29) is 23.3 Å². The molecule has 2 aromatic carbocycles. The van der Waals surface area contributed by atoms with Crippen molar-refractivity contribution < 1.29 is 17.9 Å². The number of nitrogens with one attached hydrogen (secondary N) is 1. The van der Waals surface area contributed by atoms with Gasteiger partial charge in [-0.2, -0.15) is 9.57 Å². The van der Waals surface area contributed by atoms with Crippen LogP contribution in [0.5, 0.6) is 5.75 Å². The number of ether oxygens (including phenoxy) is 1. The van der Waals surface area contributed by atoms with Crippen molar-refractivity contribution in [3.63, 3.8) is 0 Å². The maximum Gasteiger partial charge on any atom is 0.243 e. The highest BCUT2D eigenvalue weighted by atomic mass is 32.2. The largest absolute Gasteiger partial charge is 0.479 e. The van der Waals surface area contributed by atoms with Crippen molar-refractivity contribution in [1.82, 2.24) is 4.31 Å². The molecule has 1 heterocycles. The third-order valence-electron chi connectivity index (χ3n) is 4.91. The van der Waals surface area contributed by atoms with Gasteiger partial charge < -0.3 is 10.1 Å². The molecular formula is C21H23N3O4S. The maximum atomic E-state index is 12.8. The summed E-state index contributed by atoms with van der Waals surface area (Å²) < 4.78 is 32.2. The first-order valence-corrected chi connectivity index (χ1v) is 10.8. The SMILES string of the molecule is Cc1ccc(S(=O)(=O)N2CCC(C(=O)Nc3ccc(OCC#N)cc3)CC2)cc1. The summed E-state index contributed by atoms with van der Waals surface area (Å²) in [6, 6.07) is 15.5. The Hall–Kier alpha value is -2.89. The number of amides is 1. The van der Waals surface area contributed by atoms with Gasteiger partial charge in [0.05, 0.1) is 4.90 Å². The summed E-state index contributed by atoms with van der Waals surface area (Å²) in [5.74, 6) is 0.191. The van der Waals surface area contributed by atoms with E-state index in [1.165, 1.54) is 4.31 Å². The van der Waals surface area contributed by atoms with E-state index in [9.17, 15) is 13.2 Å². The summed E-state index contributed by atoms with van der Waals surface area (Å²) in [6.07, 6.45) is 0.945. The van der Waals surface area contributed by atoms with E-state index >= 15 is 0 Å². The number of nitriles is 1. The molecule has 1 aliphatic heterocycles. The van der Waals surface area contributed by atoms with Crippen molar-refractivity contribution in [2.24, 2.45) is 5.92 Å². The number of benzene rings is 2. The average Bonchev–Trinajstić information content (AvgIpc) is 2.73. The van der Waals surface area contributed by atoms with Crippen LogP contribution in [0.4, 0.5) is 5.69 Å². The van der Waals surface area contributed by atoms with E-state index in [0.29, 0.717) is 37.4 Å². The standard InChI is InChI=1S/C21H23N3O4S/c1-16-2-8-20(9-3-16)29(26,27)24-13-10-17(11-14-24)21(25)23-18-4-6-19(7-5-18)28-15-12-22/h2-9,17H,10-11,13-15H2,1H3,(H,23,25). The lowest BCUT2D eigenvalue weighted by Crippen LogP contribution is -2.41. The number of piperidine rings is 1. The second kappa shape index (κ2) is 9.07. The molecule has 2 aromatic rings. The number of sulfonamides is 1. The Morgan fingerprint density at radius 2 is 1.76 bits per heavy atom. The number of hydrogen-bond donors (Lipinski definition) is 1. The van der Waals surface area contributed by atoms with Crippen molar-refractivity contribution in [3.05, 3.63) is 54.1 Å². The minimum absolute atomic E-state index is 0.0320. The third-order valence-corrected chi connectivity index (χ3v) is 6.82. The quantitative estimate of drug-likeness (QED) is 0.785. The van der Waals surface area contributed by atoms with Crippen LogP contribution in [-0.2, 0) is 14.8 Å². The Morgan fingerprint density at radius 1 is 1.14 bits per heavy atom. The van der Waals surface area contributed by atoms with Crippen LogP contribution in [0.15, 0.2) is 53.4 Å². The summed E-state index contributed by atoms with van der Waals surface area (Å²) in [5, 5.41) is 11.4. The van der Waals surface area contributed by atoms with Crippen LogP contribution in [0.1, 0.15) is 18.4 Å². The fourth-order valence-electron chi connectivity index (χ4n) is 3.21. The van der Waals surface area contributed by atoms with Crippen molar-refractivity contribution >= 4 is 21.6 Å². The summed E-state index contributed by atoms with van der Waals surface area (Å²) in [6.45, 7) is 2.51. The lowest BCUT2D eigenvalue weighted by molar-refractivity contribution is -0.120. The lowest BCUT2D eigenvalue weighted by atomic mass is 9.97. The number of rotatable bonds is 6. The van der Waals surface area contributed by atoms with Gasteiger partial charge in [-0.25, -0.2) is 8.42 Å². The zero-order valence-corrected chi connectivity index (χ0v) is 17.0. The Bertz CT molecular complexity index is 988. The minimum Gasteiger partial charge on any atom is -0.479 e. The smallest absolute Gasteiger partial charge is 0.243 e. The van der Waals surface area contributed by atoms with Gasteiger partial charge in [-0.15, -0.1) is 0 Å². The molecule has 29 heavy (non-hydrogen) atoms. The highest BCUT2D eigenvalue weighted by Gasteiger charge is 2.32. The van der Waals surface area contributed by atoms with Crippen LogP contribution < -0.4 is 10.1 Å². The molecule has 3 rings (SSSR count). The van der Waals surface area contributed by atoms with Crippen molar-refractivity contribution in [3.8, 4) is 11.8 Å². The van der Waals surface area contributed by atoms with E-state index in [1.54, 1.807) is 48.5 Å². The number of nitrogens with zero attached hydrogens (tertiary/aromatic N) is 2. The molecule has 0 unspecified atom stereocenters. The summed E-state index contributed by atoms with van der Waals surface area (Å²) in [4.78, 5) is 12.8. The monoisotopic (exact) mass is 413 g/mol. The number of anilines is 1. The Labute approximate surface area is 171 Å². The molecule has 1 saturated heterocycles. The van der Waals surface area contributed by atoms with Gasteiger partial charge in [0.1, 0.15) is 11.8 Å². The van der Waals surface area contributed by atoms with Gasteiger partial charge in [0.15, 0.2) is 6.61 Å². The van der Waals surface area contributed by atoms with E-state index < -0.39 is 10.0 Å². The summed E-state index contributed by atoms with van der Waals surface area (Å²) in [5.41, 5.74) is 1.64. The molecule has 0 spiro atoms. The summed E-state index contributed by atoms with van der Waals surface area (Å²) >= 11 is 0. The topological polar surface area (TPSA) is 99.5 Å². The molecule has 152 valence electrons. The molecule has 1 amide bonds. The molecule has 0 aliphatic carbocycles. The van der Waals surface area contributed by atoms with Gasteiger partial charge in [-0.3, -0.25) is 4.79 Å². The van der Waals surface area contributed by atoms with Gasteiger partial charge in [0.2, 0.25) is 15.9 Å². The van der Waals surface area contributed by atoms with E-state index in [2.05, 4.69) is 5.32 Å². The van der Waals surface area contributed by atoms with E-state index in [1.807, 2.05) is 13.0 Å². The predicted molar refractivity (Wildman–Crippen MR) is 109 cm³/mol. The molecule has 1 N–H and O–H groups in total. The Morgan fingerprint density at radius 3 is 2.34 bits per heavy atom. The lowest BCUT2D eigenvalue weighted by Gasteiger charge is -2.30. The summed E-state index contributed by atoms with van der Waals surface area (Å²) in [7, 11) is -3.53. The molecule has 8 heteroatoms. The van der Waals surface area contributed by atoms with E-state index in [0.717, 1.165) is 5.56 Å². The molecule has 0 aromatic heterocycles. The number of aryl methyl sites for hydroxylation is 1. The highest BCUT2D eigenvalue weighted by molar-refractivity contribution is 7.89. The number of carbonyl (C=O) groups is 1. The Kier molecular flexibility index (Phi) is 6.52. The number of hydrogen-bond acceptors (Lipinski definition) is 5. The molecule has 0 saturated carbocycles. The van der Waals surface area contributed by atoms with Crippen LogP contribution in [0.25, 0.3) is 0 Å². The van der Waals surface area contributed by atoms with Crippen LogP contribution in [0.2, 0.25) is 0 Å². The minimum atomic E-state index is -3.53. The second-order valence-corrected chi connectivity index (χ2v) is 8.89. The van der Waals surface area contributed by atoms with Crippen molar-refractivity contribution in [1.29, 1.82) is 5.26 Å². The molecule has 1 fully saturated rings. The van der Waals surface area contributed by atoms with Crippen LogP contribution >= 0.6 is 0 Å². The number of carbonyl (C=O) groups excluding carboxylic acids is 1. The van der Waals surface area contributed by atoms with Gasteiger partial charge >= 0.3 is 0 Å². The predicted octanol–water partition coefficient (Wildman–Crippen LogP) is 2.94. The van der Waals surface area contributed by atoms with Gasteiger partial charge in [0, 0.05) is 24.7 Å². The van der Waals surface area contributed by atoms with Crippen LogP contribution in [0.3, 0.4) is 0 Å². The Balaban J connectivity index is 1.55. The zero-order chi connectivity index (χ0) is 20.9. The average molecular weight is 413 g/mol. The third kappa shape index (κ3) is 5.13. The highest BCUT2D eigenvalue weighted by Crippen LogP contribution is 2.25. The second-order valence-electron chi connectivity index (χ2n) is 6.95. The first kappa shape index (κ1) is 20.8. The van der Waals surface area contributed by atoms with E-state index in [4.69, 9.17) is 10.00 Å². The molecule has 1 aliphatic rings. The fourth-order valence-corrected chi connectivity index (χ4v) is 4.68. The van der Waals surface area contributed by atoms with Gasteiger partial charge in [0.25, 0.3) is 0 Å². The van der Waals surface area contributed by atoms with Crippen molar-refractivity contribution in [2.75, 3.05) is 25.0 Å². The van der Waals surface area contributed by atoms with Gasteiger partial charge in [-0.1, -0.05) is 17.7 Å². The molecule has 0 radical (unpaired) electrons. The van der Waals surface area contributed by atoms with Crippen molar-refractivity contribution in [2.45, 2.75) is 24.7 Å². The molecule has 7 nitrogen and oxygen atoms in total. The van der Waals surface area contributed by atoms with Gasteiger partial charge in [-0.05, 0) is 56.2 Å². The molecule has 0 bridgehead atoms. The zero-order valence-electron chi connectivity index (χ0n) is 16.2. The maximum absolute atomic E-state index is 12.8.